The van der Waals surface area contributed by atoms with E-state index in [1.54, 1.807) is 5.57 Å². The standard InChI is InChI=1S/C30H48O3/c1-6-7-10-22(11-8-17-29(3,4)33)26-15-16-27-23(12-9-18-30(26,27)5)13-14-24-19-25(31)20-28(32)21(24)2/h13-15,22,25,27-28,31-33H,2,6-12,16-20H2,1,3-5H3/b23-13+,24-14-/t22-,25-,27+,28+,30-/m1/s1. The van der Waals surface area contributed by atoms with Crippen molar-refractivity contribution >= 4 is 0 Å². The maximum absolute atomic E-state index is 10.2. The van der Waals surface area contributed by atoms with E-state index >= 15 is 0 Å². The molecule has 0 aromatic carbocycles. The van der Waals surface area contributed by atoms with Gasteiger partial charge in [-0.15, -0.1) is 0 Å². The Morgan fingerprint density at radius 1 is 1.21 bits per heavy atom. The van der Waals surface area contributed by atoms with E-state index in [-0.39, 0.29) is 5.41 Å². The Morgan fingerprint density at radius 2 is 1.94 bits per heavy atom. The van der Waals surface area contributed by atoms with Crippen molar-refractivity contribution < 1.29 is 15.3 Å². The van der Waals surface area contributed by atoms with E-state index in [9.17, 15) is 15.3 Å². The predicted octanol–water partition coefficient (Wildman–Crippen LogP) is 6.80. The lowest BCUT2D eigenvalue weighted by Crippen LogP contribution is -2.33. The Morgan fingerprint density at radius 3 is 2.64 bits per heavy atom. The average Bonchev–Trinajstić information content (AvgIpc) is 3.08. The van der Waals surface area contributed by atoms with Crippen LogP contribution >= 0.6 is 0 Å². The van der Waals surface area contributed by atoms with Crippen LogP contribution in [0.2, 0.25) is 0 Å². The van der Waals surface area contributed by atoms with Gasteiger partial charge < -0.3 is 15.3 Å². The molecule has 0 aromatic heterocycles. The van der Waals surface area contributed by atoms with Crippen molar-refractivity contribution in [2.45, 2.75) is 123 Å². The lowest BCUT2D eigenvalue weighted by Gasteiger charge is -2.43. The largest absolute Gasteiger partial charge is 0.393 e. The van der Waals surface area contributed by atoms with E-state index in [0.29, 0.717) is 24.7 Å². The molecule has 3 aliphatic rings. The third-order valence-corrected chi connectivity index (χ3v) is 8.56. The molecule has 0 radical (unpaired) electrons. The third-order valence-electron chi connectivity index (χ3n) is 8.56. The van der Waals surface area contributed by atoms with Gasteiger partial charge in [0, 0.05) is 6.42 Å². The van der Waals surface area contributed by atoms with Gasteiger partial charge in [0.15, 0.2) is 0 Å². The van der Waals surface area contributed by atoms with E-state index in [4.69, 9.17) is 0 Å². The number of rotatable bonds is 9. The first-order valence-corrected chi connectivity index (χ1v) is 13.4. The van der Waals surface area contributed by atoms with Crippen LogP contribution in [0.4, 0.5) is 0 Å². The zero-order valence-corrected chi connectivity index (χ0v) is 21.6. The number of fused-ring (bicyclic) bond motifs is 1. The first kappa shape index (κ1) is 26.4. The molecule has 3 nitrogen and oxygen atoms in total. The summed E-state index contributed by atoms with van der Waals surface area (Å²) in [4.78, 5) is 0. The van der Waals surface area contributed by atoms with E-state index in [2.05, 4.69) is 38.7 Å². The number of hydrogen-bond donors (Lipinski definition) is 3. The van der Waals surface area contributed by atoms with Crippen LogP contribution in [0.5, 0.6) is 0 Å². The Hall–Kier alpha value is -1.16. The molecule has 0 heterocycles. The molecule has 3 N–H and O–H groups in total. The molecule has 5 atom stereocenters. The normalized spacial score (nSPS) is 34.0. The minimum Gasteiger partial charge on any atom is -0.393 e. The first-order chi connectivity index (χ1) is 15.5. The Balaban J connectivity index is 1.77. The molecule has 0 unspecified atom stereocenters. The highest BCUT2D eigenvalue weighted by Gasteiger charge is 2.46. The van der Waals surface area contributed by atoms with Crippen LogP contribution in [0.15, 0.2) is 47.1 Å². The van der Waals surface area contributed by atoms with Crippen molar-refractivity contribution in [2.24, 2.45) is 17.3 Å². The van der Waals surface area contributed by atoms with Gasteiger partial charge in [-0.05, 0) is 93.6 Å². The quantitative estimate of drug-likeness (QED) is 0.335. The number of aliphatic hydroxyl groups is 3. The molecule has 3 heteroatoms. The fraction of sp³-hybridized carbons (Fsp3) is 0.733. The monoisotopic (exact) mass is 456 g/mol. The fourth-order valence-corrected chi connectivity index (χ4v) is 6.64. The molecule has 186 valence electrons. The third kappa shape index (κ3) is 6.50. The van der Waals surface area contributed by atoms with Gasteiger partial charge in [-0.25, -0.2) is 0 Å². The summed E-state index contributed by atoms with van der Waals surface area (Å²) in [5, 5.41) is 30.5. The fourth-order valence-electron chi connectivity index (χ4n) is 6.64. The summed E-state index contributed by atoms with van der Waals surface area (Å²) < 4.78 is 0. The van der Waals surface area contributed by atoms with Crippen molar-refractivity contribution in [1.82, 2.24) is 0 Å². The maximum atomic E-state index is 10.2. The van der Waals surface area contributed by atoms with Crippen LogP contribution in [0.1, 0.15) is 105 Å². The van der Waals surface area contributed by atoms with Crippen LogP contribution < -0.4 is 0 Å². The van der Waals surface area contributed by atoms with Crippen LogP contribution in [0.25, 0.3) is 0 Å². The summed E-state index contributed by atoms with van der Waals surface area (Å²) in [6, 6.07) is 0. The number of hydrogen-bond acceptors (Lipinski definition) is 3. The van der Waals surface area contributed by atoms with Crippen LogP contribution in [-0.2, 0) is 0 Å². The lowest BCUT2D eigenvalue weighted by molar-refractivity contribution is 0.0666. The van der Waals surface area contributed by atoms with E-state index in [1.807, 2.05) is 13.8 Å². The van der Waals surface area contributed by atoms with Gasteiger partial charge >= 0.3 is 0 Å². The molecule has 0 aromatic rings. The molecular weight excluding hydrogens is 408 g/mol. The van der Waals surface area contributed by atoms with Gasteiger partial charge in [-0.2, -0.15) is 0 Å². The highest BCUT2D eigenvalue weighted by molar-refractivity contribution is 5.40. The van der Waals surface area contributed by atoms with Gasteiger partial charge in [-0.1, -0.05) is 69.1 Å². The van der Waals surface area contributed by atoms with Gasteiger partial charge in [0.2, 0.25) is 0 Å². The Bertz CT molecular complexity index is 781. The smallest absolute Gasteiger partial charge is 0.0811 e. The SMILES string of the molecule is C=C1/C(=C\C=C2/CCC[C@]3(C)C([C@H](CCCC)CCCC(C)(C)O)=CC[C@@H]23)C[C@@H](O)C[C@@H]1O. The second-order valence-corrected chi connectivity index (χ2v) is 11.8. The maximum Gasteiger partial charge on any atom is 0.0811 e. The summed E-state index contributed by atoms with van der Waals surface area (Å²) in [5.74, 6) is 1.19. The van der Waals surface area contributed by atoms with Gasteiger partial charge in [-0.3, -0.25) is 0 Å². The predicted molar refractivity (Wildman–Crippen MR) is 138 cm³/mol. The molecule has 0 aliphatic heterocycles. The molecule has 0 bridgehead atoms. The summed E-state index contributed by atoms with van der Waals surface area (Å²) in [7, 11) is 0. The minimum absolute atomic E-state index is 0.234. The molecule has 0 spiro atoms. The Kier molecular flexibility index (Phi) is 8.86. The van der Waals surface area contributed by atoms with Gasteiger partial charge in [0.05, 0.1) is 17.8 Å². The summed E-state index contributed by atoms with van der Waals surface area (Å²) in [5.41, 5.74) is 4.63. The second kappa shape index (κ2) is 11.1. The molecule has 3 aliphatic carbocycles. The molecular formula is C30H48O3. The van der Waals surface area contributed by atoms with Gasteiger partial charge in [0.25, 0.3) is 0 Å². The zero-order valence-electron chi connectivity index (χ0n) is 21.6. The summed E-state index contributed by atoms with van der Waals surface area (Å²) in [6.07, 6.45) is 18.5. The highest BCUT2D eigenvalue weighted by atomic mass is 16.3. The van der Waals surface area contributed by atoms with Crippen molar-refractivity contribution in [1.29, 1.82) is 0 Å². The number of aliphatic hydroxyl groups excluding tert-OH is 2. The van der Waals surface area contributed by atoms with Crippen LogP contribution in [0, 0.1) is 17.3 Å². The molecule has 3 rings (SSSR count). The first-order valence-electron chi connectivity index (χ1n) is 13.4. The highest BCUT2D eigenvalue weighted by Crippen LogP contribution is 2.57. The van der Waals surface area contributed by atoms with E-state index in [0.717, 1.165) is 36.8 Å². The van der Waals surface area contributed by atoms with Gasteiger partial charge in [0.1, 0.15) is 0 Å². The number of unbranched alkanes of at least 4 members (excludes halogenated alkanes) is 1. The Labute approximate surface area is 202 Å². The van der Waals surface area contributed by atoms with Crippen LogP contribution in [0.3, 0.4) is 0 Å². The molecule has 0 saturated heterocycles. The minimum atomic E-state index is -0.627. The topological polar surface area (TPSA) is 60.7 Å². The van der Waals surface area contributed by atoms with Crippen molar-refractivity contribution in [3.63, 3.8) is 0 Å². The van der Waals surface area contributed by atoms with Crippen molar-refractivity contribution in [3.05, 3.63) is 47.1 Å². The second-order valence-electron chi connectivity index (χ2n) is 11.8. The lowest BCUT2D eigenvalue weighted by atomic mass is 9.61. The van der Waals surface area contributed by atoms with Crippen LogP contribution in [-0.4, -0.2) is 33.1 Å². The van der Waals surface area contributed by atoms with E-state index < -0.39 is 17.8 Å². The average molecular weight is 457 g/mol. The van der Waals surface area contributed by atoms with Crippen molar-refractivity contribution in [2.75, 3.05) is 0 Å². The summed E-state index contributed by atoms with van der Waals surface area (Å²) in [6.45, 7) is 12.7. The zero-order chi connectivity index (χ0) is 24.2. The molecule has 0 amide bonds. The summed E-state index contributed by atoms with van der Waals surface area (Å²) >= 11 is 0. The molecule has 33 heavy (non-hydrogen) atoms. The molecule has 2 saturated carbocycles. The number of allylic oxidation sites excluding steroid dienone is 5. The van der Waals surface area contributed by atoms with E-state index in [1.165, 1.54) is 44.1 Å². The molecule has 2 fully saturated rings. The van der Waals surface area contributed by atoms with Crippen molar-refractivity contribution in [3.8, 4) is 0 Å².